The highest BCUT2D eigenvalue weighted by atomic mass is 16.5. The van der Waals surface area contributed by atoms with Gasteiger partial charge in [0.25, 0.3) is 0 Å². The molecule has 0 aromatic heterocycles. The predicted molar refractivity (Wildman–Crippen MR) is 87.9 cm³/mol. The van der Waals surface area contributed by atoms with Gasteiger partial charge in [0.05, 0.1) is 26.2 Å². The van der Waals surface area contributed by atoms with Gasteiger partial charge in [-0.2, -0.15) is 0 Å². The lowest BCUT2D eigenvalue weighted by Gasteiger charge is -2.39. The molecule has 0 bridgehead atoms. The number of nitrogens with one attached hydrogen (secondary N) is 1. The molecule has 24 heavy (non-hydrogen) atoms. The van der Waals surface area contributed by atoms with Crippen LogP contribution in [-0.2, 0) is 26.3 Å². The summed E-state index contributed by atoms with van der Waals surface area (Å²) in [5.74, 6) is -0.935. The standard InChI is InChI=1S/C17H24N2O5/c1-19(9-7-15(20)21)16(22)18-11-17(12-23-2)14-6-4-3-5-13(14)8-10-24-17/h3-6H,7-12H2,1-2H3,(H,18,22)(H,20,21). The Hall–Kier alpha value is -2.12. The second kappa shape index (κ2) is 8.12. The number of rotatable bonds is 7. The van der Waals surface area contributed by atoms with Crippen LogP contribution in [0.1, 0.15) is 17.5 Å². The maximum absolute atomic E-state index is 12.2. The van der Waals surface area contributed by atoms with Crippen molar-refractivity contribution in [3.8, 4) is 0 Å². The van der Waals surface area contributed by atoms with Crippen molar-refractivity contribution in [2.24, 2.45) is 0 Å². The fourth-order valence-electron chi connectivity index (χ4n) is 2.89. The number of carbonyl (C=O) groups excluding carboxylic acids is 1. The van der Waals surface area contributed by atoms with Gasteiger partial charge < -0.3 is 24.8 Å². The maximum atomic E-state index is 12.2. The summed E-state index contributed by atoms with van der Waals surface area (Å²) in [5.41, 5.74) is 1.48. The molecule has 2 amide bonds. The summed E-state index contributed by atoms with van der Waals surface area (Å²) in [4.78, 5) is 24.1. The van der Waals surface area contributed by atoms with Crippen molar-refractivity contribution in [1.82, 2.24) is 10.2 Å². The molecule has 1 aliphatic rings. The minimum Gasteiger partial charge on any atom is -0.481 e. The predicted octanol–water partition coefficient (Wildman–Crippen LogP) is 1.22. The molecule has 1 unspecified atom stereocenters. The molecule has 0 spiro atoms. The summed E-state index contributed by atoms with van der Waals surface area (Å²) in [6.07, 6.45) is 0.737. The zero-order chi connectivity index (χ0) is 17.6. The Labute approximate surface area is 141 Å². The summed E-state index contributed by atoms with van der Waals surface area (Å²) in [6, 6.07) is 7.65. The van der Waals surface area contributed by atoms with Crippen LogP contribution < -0.4 is 5.32 Å². The van der Waals surface area contributed by atoms with Crippen LogP contribution in [0.4, 0.5) is 4.79 Å². The number of urea groups is 1. The highest BCUT2D eigenvalue weighted by molar-refractivity contribution is 5.75. The third-order valence-corrected chi connectivity index (χ3v) is 4.17. The number of benzene rings is 1. The molecule has 0 saturated carbocycles. The number of aliphatic carboxylic acids is 1. The van der Waals surface area contributed by atoms with Crippen LogP contribution in [0.5, 0.6) is 0 Å². The van der Waals surface area contributed by atoms with E-state index in [0.717, 1.165) is 12.0 Å². The number of nitrogens with zero attached hydrogens (tertiary/aromatic N) is 1. The molecule has 0 radical (unpaired) electrons. The second-order valence-electron chi connectivity index (χ2n) is 5.91. The molecular weight excluding hydrogens is 312 g/mol. The van der Waals surface area contributed by atoms with Crippen molar-refractivity contribution in [3.05, 3.63) is 35.4 Å². The summed E-state index contributed by atoms with van der Waals surface area (Å²) in [7, 11) is 3.17. The van der Waals surface area contributed by atoms with Gasteiger partial charge in [-0.25, -0.2) is 4.79 Å². The number of ether oxygens (including phenoxy) is 2. The number of hydrogen-bond acceptors (Lipinski definition) is 4. The Morgan fingerprint density at radius 1 is 1.42 bits per heavy atom. The molecule has 1 aliphatic heterocycles. The van der Waals surface area contributed by atoms with E-state index in [1.807, 2.05) is 18.2 Å². The van der Waals surface area contributed by atoms with Crippen molar-refractivity contribution in [2.75, 3.05) is 40.5 Å². The van der Waals surface area contributed by atoms with Gasteiger partial charge in [-0.1, -0.05) is 24.3 Å². The normalized spacial score (nSPS) is 19.4. The van der Waals surface area contributed by atoms with Gasteiger partial charge in [0, 0.05) is 20.7 Å². The van der Waals surface area contributed by atoms with E-state index in [4.69, 9.17) is 14.6 Å². The third kappa shape index (κ3) is 4.24. The zero-order valence-corrected chi connectivity index (χ0v) is 14.1. The van der Waals surface area contributed by atoms with E-state index >= 15 is 0 Å². The van der Waals surface area contributed by atoms with Crippen LogP contribution in [0.25, 0.3) is 0 Å². The number of amides is 2. The molecule has 7 heteroatoms. The zero-order valence-electron chi connectivity index (χ0n) is 14.1. The Balaban J connectivity index is 2.07. The average molecular weight is 336 g/mol. The molecule has 1 atom stereocenters. The first-order valence-corrected chi connectivity index (χ1v) is 7.90. The van der Waals surface area contributed by atoms with Gasteiger partial charge in [0.15, 0.2) is 0 Å². The lowest BCUT2D eigenvalue weighted by atomic mass is 9.86. The molecule has 1 aromatic rings. The number of methoxy groups -OCH3 is 1. The van der Waals surface area contributed by atoms with Crippen LogP contribution in [-0.4, -0.2) is 62.5 Å². The fraction of sp³-hybridized carbons (Fsp3) is 0.529. The monoisotopic (exact) mass is 336 g/mol. The first kappa shape index (κ1) is 18.2. The molecule has 0 fully saturated rings. The number of hydrogen-bond donors (Lipinski definition) is 2. The minimum atomic E-state index is -0.935. The SMILES string of the molecule is COCC1(CNC(=O)N(C)CCC(=O)O)OCCc2ccccc21. The number of carbonyl (C=O) groups is 2. The quantitative estimate of drug-likeness (QED) is 0.781. The van der Waals surface area contributed by atoms with Gasteiger partial charge in [0.2, 0.25) is 0 Å². The van der Waals surface area contributed by atoms with Gasteiger partial charge in [-0.05, 0) is 17.5 Å². The summed E-state index contributed by atoms with van der Waals surface area (Å²) < 4.78 is 11.4. The second-order valence-corrected chi connectivity index (χ2v) is 5.91. The lowest BCUT2D eigenvalue weighted by molar-refractivity contribution is -0.137. The van der Waals surface area contributed by atoms with E-state index in [1.54, 1.807) is 14.2 Å². The van der Waals surface area contributed by atoms with E-state index in [-0.39, 0.29) is 25.5 Å². The topological polar surface area (TPSA) is 88.1 Å². The molecule has 132 valence electrons. The first-order valence-electron chi connectivity index (χ1n) is 7.90. The summed E-state index contributed by atoms with van der Waals surface area (Å²) in [6.45, 7) is 1.29. The van der Waals surface area contributed by atoms with Crippen LogP contribution >= 0.6 is 0 Å². The summed E-state index contributed by atoms with van der Waals surface area (Å²) in [5, 5.41) is 11.5. The van der Waals surface area contributed by atoms with Gasteiger partial charge in [-0.3, -0.25) is 4.79 Å². The van der Waals surface area contributed by atoms with Crippen molar-refractivity contribution in [2.45, 2.75) is 18.4 Å². The molecule has 2 N–H and O–H groups in total. The smallest absolute Gasteiger partial charge is 0.317 e. The van der Waals surface area contributed by atoms with Crippen molar-refractivity contribution in [1.29, 1.82) is 0 Å². The van der Waals surface area contributed by atoms with E-state index in [0.29, 0.717) is 13.2 Å². The molecule has 7 nitrogen and oxygen atoms in total. The Morgan fingerprint density at radius 3 is 2.88 bits per heavy atom. The Morgan fingerprint density at radius 2 is 2.17 bits per heavy atom. The number of carboxylic acids is 1. The van der Waals surface area contributed by atoms with E-state index < -0.39 is 11.6 Å². The number of fused-ring (bicyclic) bond motifs is 1. The summed E-state index contributed by atoms with van der Waals surface area (Å²) >= 11 is 0. The Bertz CT molecular complexity index is 592. The third-order valence-electron chi connectivity index (χ3n) is 4.17. The van der Waals surface area contributed by atoms with Gasteiger partial charge in [-0.15, -0.1) is 0 Å². The molecule has 1 heterocycles. The fourth-order valence-corrected chi connectivity index (χ4v) is 2.89. The first-order chi connectivity index (χ1) is 11.5. The molecule has 0 aliphatic carbocycles. The largest absolute Gasteiger partial charge is 0.481 e. The van der Waals surface area contributed by atoms with Crippen molar-refractivity contribution >= 4 is 12.0 Å². The van der Waals surface area contributed by atoms with Crippen LogP contribution in [0.2, 0.25) is 0 Å². The van der Waals surface area contributed by atoms with Crippen LogP contribution in [0.15, 0.2) is 24.3 Å². The molecular formula is C17H24N2O5. The van der Waals surface area contributed by atoms with Gasteiger partial charge >= 0.3 is 12.0 Å². The van der Waals surface area contributed by atoms with Crippen molar-refractivity contribution in [3.63, 3.8) is 0 Å². The molecule has 0 saturated heterocycles. The average Bonchev–Trinajstić information content (AvgIpc) is 2.58. The lowest BCUT2D eigenvalue weighted by Crippen LogP contribution is -2.51. The molecule has 1 aromatic carbocycles. The van der Waals surface area contributed by atoms with Crippen LogP contribution in [0, 0.1) is 0 Å². The highest BCUT2D eigenvalue weighted by Gasteiger charge is 2.38. The number of carboxylic acid groups (broad SMARTS) is 1. The van der Waals surface area contributed by atoms with E-state index in [9.17, 15) is 9.59 Å². The minimum absolute atomic E-state index is 0.0908. The van der Waals surface area contributed by atoms with E-state index in [2.05, 4.69) is 11.4 Å². The highest BCUT2D eigenvalue weighted by Crippen LogP contribution is 2.33. The Kier molecular flexibility index (Phi) is 6.16. The molecule has 2 rings (SSSR count). The van der Waals surface area contributed by atoms with E-state index in [1.165, 1.54) is 10.5 Å². The maximum Gasteiger partial charge on any atom is 0.317 e. The van der Waals surface area contributed by atoms with Crippen molar-refractivity contribution < 1.29 is 24.2 Å². The van der Waals surface area contributed by atoms with Crippen LogP contribution in [0.3, 0.4) is 0 Å². The van der Waals surface area contributed by atoms with Gasteiger partial charge in [0.1, 0.15) is 5.60 Å².